The molecule has 1 aliphatic heterocycles. The molecule has 3 aromatic rings. The number of hydrogen-bond acceptors (Lipinski definition) is 6. The lowest BCUT2D eigenvalue weighted by atomic mass is 10.1. The minimum Gasteiger partial charge on any atom is -0.379 e. The lowest BCUT2D eigenvalue weighted by molar-refractivity contribution is 0.0730. The van der Waals surface area contributed by atoms with E-state index in [1.807, 2.05) is 18.2 Å². The summed E-state index contributed by atoms with van der Waals surface area (Å²) in [7, 11) is -2.04. The summed E-state index contributed by atoms with van der Waals surface area (Å²) in [5.74, 6) is -0.479. The number of nitrogens with zero attached hydrogens (tertiary/aromatic N) is 3. The molecule has 1 amide bonds. The first-order chi connectivity index (χ1) is 17.7. The van der Waals surface area contributed by atoms with E-state index in [-0.39, 0.29) is 35.0 Å². The molecule has 198 valence electrons. The van der Waals surface area contributed by atoms with Gasteiger partial charge in [0, 0.05) is 57.4 Å². The molecular weight excluding hydrogens is 492 g/mol. The molecule has 0 spiro atoms. The average molecular weight is 527 g/mol. The van der Waals surface area contributed by atoms with Crippen LogP contribution in [0.3, 0.4) is 0 Å². The Hall–Kier alpha value is -3.05. The Labute approximate surface area is 217 Å². The molecule has 37 heavy (non-hydrogen) atoms. The summed E-state index contributed by atoms with van der Waals surface area (Å²) in [6.45, 7) is 7.14. The number of ether oxygens (including phenoxy) is 1. The summed E-state index contributed by atoms with van der Waals surface area (Å²) in [6.07, 6.45) is 1.50. The molecule has 9 nitrogen and oxygen atoms in total. The fourth-order valence-corrected chi connectivity index (χ4v) is 5.91. The van der Waals surface area contributed by atoms with Crippen LogP contribution in [0.15, 0.2) is 64.4 Å². The zero-order chi connectivity index (χ0) is 26.6. The van der Waals surface area contributed by atoms with Gasteiger partial charge in [0.25, 0.3) is 5.91 Å². The van der Waals surface area contributed by atoms with E-state index in [0.717, 1.165) is 6.54 Å². The second-order valence-electron chi connectivity index (χ2n) is 9.48. The highest BCUT2D eigenvalue weighted by atomic mass is 32.2. The Morgan fingerprint density at radius 2 is 1.81 bits per heavy atom. The van der Waals surface area contributed by atoms with E-state index in [1.165, 1.54) is 28.2 Å². The van der Waals surface area contributed by atoms with Crippen molar-refractivity contribution >= 4 is 26.8 Å². The van der Waals surface area contributed by atoms with E-state index in [9.17, 15) is 18.0 Å². The monoisotopic (exact) mass is 526 g/mol. The molecule has 0 radical (unpaired) electrons. The number of aromatic nitrogens is 1. The van der Waals surface area contributed by atoms with Gasteiger partial charge in [-0.05, 0) is 37.6 Å². The van der Waals surface area contributed by atoms with Gasteiger partial charge in [-0.15, -0.1) is 0 Å². The van der Waals surface area contributed by atoms with Crippen LogP contribution in [0, 0.1) is 0 Å². The van der Waals surface area contributed by atoms with Gasteiger partial charge in [-0.25, -0.2) is 8.42 Å². The Kier molecular flexibility index (Phi) is 8.43. The van der Waals surface area contributed by atoms with Gasteiger partial charge in [-0.1, -0.05) is 30.3 Å². The van der Waals surface area contributed by atoms with Crippen molar-refractivity contribution in [3.63, 3.8) is 0 Å². The number of aryl methyl sites for hydroxylation is 1. The quantitative estimate of drug-likeness (QED) is 0.459. The second-order valence-corrected chi connectivity index (χ2v) is 11.4. The number of rotatable bonds is 9. The molecule has 0 unspecified atom stereocenters. The topological polar surface area (TPSA) is 101 Å². The number of morpholine rings is 1. The van der Waals surface area contributed by atoms with Gasteiger partial charge >= 0.3 is 0 Å². The first-order valence-corrected chi connectivity index (χ1v) is 13.9. The van der Waals surface area contributed by atoms with Crippen LogP contribution in [-0.4, -0.2) is 73.5 Å². The predicted octanol–water partition coefficient (Wildman–Crippen LogP) is 2.20. The smallest absolute Gasteiger partial charge is 0.256 e. The molecule has 0 saturated carbocycles. The molecule has 1 aromatic heterocycles. The Bertz CT molecular complexity index is 1410. The van der Waals surface area contributed by atoms with Gasteiger partial charge in [0.1, 0.15) is 5.56 Å². The van der Waals surface area contributed by atoms with Gasteiger partial charge in [0.2, 0.25) is 15.5 Å². The maximum absolute atomic E-state index is 13.3. The number of pyridine rings is 1. The van der Waals surface area contributed by atoms with Crippen LogP contribution in [0.4, 0.5) is 0 Å². The van der Waals surface area contributed by atoms with Crippen molar-refractivity contribution in [2.24, 2.45) is 7.05 Å². The van der Waals surface area contributed by atoms with Crippen molar-refractivity contribution in [1.82, 2.24) is 19.1 Å². The van der Waals surface area contributed by atoms with Crippen LogP contribution in [0.25, 0.3) is 10.9 Å². The SMILES string of the molecule is CC(C)N(CCNC(=O)c1cn(C)c2ccc(S(=O)(=O)N3CCOCC3)cc2c1=O)Cc1ccccc1. The largest absolute Gasteiger partial charge is 0.379 e. The molecular formula is C27H34N4O5S. The van der Waals surface area contributed by atoms with E-state index >= 15 is 0 Å². The molecule has 2 aromatic carbocycles. The molecule has 4 rings (SSSR count). The van der Waals surface area contributed by atoms with Crippen LogP contribution in [0.2, 0.25) is 0 Å². The van der Waals surface area contributed by atoms with Crippen molar-refractivity contribution in [3.8, 4) is 0 Å². The van der Waals surface area contributed by atoms with Crippen molar-refractivity contribution in [2.75, 3.05) is 39.4 Å². The molecule has 2 heterocycles. The first kappa shape index (κ1) is 27.0. The van der Waals surface area contributed by atoms with Crippen molar-refractivity contribution in [2.45, 2.75) is 31.3 Å². The molecule has 10 heteroatoms. The third-order valence-corrected chi connectivity index (χ3v) is 8.55. The van der Waals surface area contributed by atoms with Crippen LogP contribution in [0.1, 0.15) is 29.8 Å². The fraction of sp³-hybridized carbons (Fsp3) is 0.407. The maximum atomic E-state index is 13.3. The Morgan fingerprint density at radius 1 is 1.11 bits per heavy atom. The van der Waals surface area contributed by atoms with Crippen LogP contribution in [-0.2, 0) is 28.4 Å². The van der Waals surface area contributed by atoms with Crippen LogP contribution >= 0.6 is 0 Å². The highest BCUT2D eigenvalue weighted by Crippen LogP contribution is 2.21. The Morgan fingerprint density at radius 3 is 2.49 bits per heavy atom. The summed E-state index contributed by atoms with van der Waals surface area (Å²) in [6, 6.07) is 14.9. The highest BCUT2D eigenvalue weighted by molar-refractivity contribution is 7.89. The zero-order valence-corrected chi connectivity index (χ0v) is 22.3. The lowest BCUT2D eigenvalue weighted by Gasteiger charge is -2.26. The molecule has 0 bridgehead atoms. The normalized spacial score (nSPS) is 14.9. The summed E-state index contributed by atoms with van der Waals surface area (Å²) in [5, 5.41) is 3.06. The summed E-state index contributed by atoms with van der Waals surface area (Å²) in [5.41, 5.74) is 1.23. The van der Waals surface area contributed by atoms with E-state index < -0.39 is 21.4 Å². The zero-order valence-electron chi connectivity index (χ0n) is 21.5. The van der Waals surface area contributed by atoms with Gasteiger partial charge in [-0.2, -0.15) is 4.31 Å². The van der Waals surface area contributed by atoms with Crippen molar-refractivity contribution in [1.29, 1.82) is 0 Å². The van der Waals surface area contributed by atoms with E-state index in [4.69, 9.17) is 4.74 Å². The summed E-state index contributed by atoms with van der Waals surface area (Å²) < 4.78 is 34.5. The van der Waals surface area contributed by atoms with Gasteiger partial charge < -0.3 is 14.6 Å². The van der Waals surface area contributed by atoms with E-state index in [0.29, 0.717) is 31.8 Å². The van der Waals surface area contributed by atoms with Gasteiger partial charge in [-0.3, -0.25) is 14.5 Å². The third-order valence-electron chi connectivity index (χ3n) is 6.66. The Balaban J connectivity index is 1.52. The van der Waals surface area contributed by atoms with Crippen LogP contribution < -0.4 is 10.7 Å². The molecule has 0 aliphatic carbocycles. The fourth-order valence-electron chi connectivity index (χ4n) is 4.48. The number of carbonyl (C=O) groups is 1. The number of benzene rings is 2. The maximum Gasteiger partial charge on any atom is 0.256 e. The van der Waals surface area contributed by atoms with Gasteiger partial charge in [0.05, 0.1) is 23.6 Å². The van der Waals surface area contributed by atoms with Crippen molar-refractivity contribution in [3.05, 3.63) is 76.1 Å². The standard InChI is InChI=1S/C27H34N4O5S/c1-20(2)30(18-21-7-5-4-6-8-21)12-11-28-27(33)24-19-29(3)25-10-9-22(17-23(25)26(24)32)37(34,35)31-13-15-36-16-14-31/h4-10,17,19-20H,11-16,18H2,1-3H3,(H,28,33). The summed E-state index contributed by atoms with van der Waals surface area (Å²) in [4.78, 5) is 28.6. The average Bonchev–Trinajstić information content (AvgIpc) is 2.90. The van der Waals surface area contributed by atoms with E-state index in [2.05, 4.69) is 36.2 Å². The highest BCUT2D eigenvalue weighted by Gasteiger charge is 2.27. The number of amides is 1. The first-order valence-electron chi connectivity index (χ1n) is 12.5. The number of nitrogens with one attached hydrogen (secondary N) is 1. The number of hydrogen-bond donors (Lipinski definition) is 1. The lowest BCUT2D eigenvalue weighted by Crippen LogP contribution is -2.40. The molecule has 1 aliphatic rings. The van der Waals surface area contributed by atoms with Crippen LogP contribution in [0.5, 0.6) is 0 Å². The number of carbonyl (C=O) groups excluding carboxylic acids is 1. The summed E-state index contributed by atoms with van der Waals surface area (Å²) >= 11 is 0. The third kappa shape index (κ3) is 6.10. The molecule has 1 N–H and O–H groups in total. The predicted molar refractivity (Wildman–Crippen MR) is 143 cm³/mol. The van der Waals surface area contributed by atoms with Gasteiger partial charge in [0.15, 0.2) is 0 Å². The molecule has 0 atom stereocenters. The minimum atomic E-state index is -3.77. The molecule has 1 saturated heterocycles. The van der Waals surface area contributed by atoms with Crippen molar-refractivity contribution < 1.29 is 17.9 Å². The van der Waals surface area contributed by atoms with E-state index in [1.54, 1.807) is 17.7 Å². The second kappa shape index (κ2) is 11.6. The number of sulfonamides is 1. The minimum absolute atomic E-state index is 0.0184. The number of fused-ring (bicyclic) bond motifs is 1. The molecule has 1 fully saturated rings.